The molecule has 6 nitrogen and oxygen atoms in total. The van der Waals surface area contributed by atoms with Crippen molar-refractivity contribution in [3.8, 4) is 0 Å². The Labute approximate surface area is 140 Å². The molecule has 0 spiro atoms. The number of aromatic nitrogens is 2. The van der Waals surface area contributed by atoms with Crippen LogP contribution in [0.25, 0.3) is 0 Å². The van der Waals surface area contributed by atoms with Crippen molar-refractivity contribution in [3.63, 3.8) is 0 Å². The van der Waals surface area contributed by atoms with Crippen molar-refractivity contribution in [1.29, 1.82) is 0 Å². The van der Waals surface area contributed by atoms with Crippen LogP contribution < -0.4 is 16.6 Å². The molecule has 128 valence electrons. The van der Waals surface area contributed by atoms with E-state index >= 15 is 0 Å². The normalized spacial score (nSPS) is 12.2. The van der Waals surface area contributed by atoms with Gasteiger partial charge in [-0.1, -0.05) is 45.0 Å². The second-order valence-corrected chi connectivity index (χ2v) is 6.32. The number of carbonyl (C=O) groups is 1. The molecule has 0 bridgehead atoms. The number of aromatic amines is 2. The summed E-state index contributed by atoms with van der Waals surface area (Å²) >= 11 is 0. The van der Waals surface area contributed by atoms with E-state index in [0.717, 1.165) is 5.56 Å². The maximum Gasteiger partial charge on any atom is 0.325 e. The van der Waals surface area contributed by atoms with E-state index in [-0.39, 0.29) is 18.4 Å². The predicted molar refractivity (Wildman–Crippen MR) is 93.1 cm³/mol. The zero-order valence-corrected chi connectivity index (χ0v) is 14.2. The number of amides is 1. The number of carbonyl (C=O) groups excluding carboxylic acids is 1. The van der Waals surface area contributed by atoms with Crippen molar-refractivity contribution < 1.29 is 4.79 Å². The Hall–Kier alpha value is -2.63. The van der Waals surface area contributed by atoms with Crippen LogP contribution in [0.3, 0.4) is 0 Å². The van der Waals surface area contributed by atoms with Gasteiger partial charge in [0.2, 0.25) is 5.91 Å². The fourth-order valence-electron chi connectivity index (χ4n) is 2.49. The fraction of sp³-hybridized carbons (Fsp3) is 0.389. The lowest BCUT2D eigenvalue weighted by molar-refractivity contribution is -0.121. The molecule has 0 fully saturated rings. The van der Waals surface area contributed by atoms with Crippen LogP contribution in [0.15, 0.2) is 39.9 Å². The molecular weight excluding hydrogens is 306 g/mol. The van der Waals surface area contributed by atoms with Crippen molar-refractivity contribution in [2.24, 2.45) is 0 Å². The van der Waals surface area contributed by atoms with Gasteiger partial charge in [-0.05, 0) is 23.0 Å². The molecule has 0 aliphatic rings. The summed E-state index contributed by atoms with van der Waals surface area (Å²) in [6.45, 7) is 6.41. The number of benzene rings is 1. The Balaban J connectivity index is 1.91. The van der Waals surface area contributed by atoms with Gasteiger partial charge in [0.15, 0.2) is 0 Å². The predicted octanol–water partition coefficient (Wildman–Crippen LogP) is 2.00. The molecule has 0 saturated carbocycles. The van der Waals surface area contributed by atoms with Crippen LogP contribution in [-0.2, 0) is 11.3 Å². The molecule has 1 aromatic carbocycles. The molecule has 2 aromatic rings. The molecule has 2 rings (SSSR count). The van der Waals surface area contributed by atoms with E-state index in [2.05, 4.69) is 53.4 Å². The van der Waals surface area contributed by atoms with Gasteiger partial charge in [0.1, 0.15) is 0 Å². The lowest BCUT2D eigenvalue weighted by Crippen LogP contribution is -2.29. The lowest BCUT2D eigenvalue weighted by atomic mass is 9.94. The van der Waals surface area contributed by atoms with Crippen LogP contribution >= 0.6 is 0 Å². The van der Waals surface area contributed by atoms with Gasteiger partial charge in [0.05, 0.1) is 6.54 Å². The summed E-state index contributed by atoms with van der Waals surface area (Å²) in [5, 5.41) is 2.72. The van der Waals surface area contributed by atoms with Gasteiger partial charge in [0.25, 0.3) is 5.56 Å². The van der Waals surface area contributed by atoms with E-state index in [1.54, 1.807) is 0 Å². The van der Waals surface area contributed by atoms with E-state index in [9.17, 15) is 14.4 Å². The number of hydrogen-bond donors (Lipinski definition) is 3. The molecular formula is C18H23N3O3. The first kappa shape index (κ1) is 17.7. The molecule has 1 aromatic heterocycles. The molecule has 6 heteroatoms. The monoisotopic (exact) mass is 329 g/mol. The highest BCUT2D eigenvalue weighted by molar-refractivity contribution is 5.76. The van der Waals surface area contributed by atoms with Crippen LogP contribution in [0.5, 0.6) is 0 Å². The second kappa shape index (κ2) is 7.77. The van der Waals surface area contributed by atoms with Gasteiger partial charge in [-0.3, -0.25) is 14.6 Å². The maximum absolute atomic E-state index is 12.1. The number of rotatable bonds is 6. The third-order valence-electron chi connectivity index (χ3n) is 3.96. The molecule has 0 radical (unpaired) electrons. The Morgan fingerprint density at radius 3 is 2.25 bits per heavy atom. The fourth-order valence-corrected chi connectivity index (χ4v) is 2.49. The molecule has 1 amide bonds. The van der Waals surface area contributed by atoms with Gasteiger partial charge in [0, 0.05) is 18.2 Å². The molecule has 1 unspecified atom stereocenters. The first-order valence-electron chi connectivity index (χ1n) is 8.04. The quantitative estimate of drug-likeness (QED) is 0.756. The number of nitrogens with one attached hydrogen (secondary N) is 3. The minimum atomic E-state index is -0.578. The Morgan fingerprint density at radius 1 is 1.04 bits per heavy atom. The molecule has 1 heterocycles. The van der Waals surface area contributed by atoms with E-state index in [1.165, 1.54) is 11.6 Å². The van der Waals surface area contributed by atoms with Gasteiger partial charge in [-0.25, -0.2) is 4.79 Å². The summed E-state index contributed by atoms with van der Waals surface area (Å²) in [6.07, 6.45) is 0.342. The van der Waals surface area contributed by atoms with E-state index in [4.69, 9.17) is 0 Å². The third-order valence-corrected chi connectivity index (χ3v) is 3.96. The van der Waals surface area contributed by atoms with Crippen LogP contribution in [-0.4, -0.2) is 15.9 Å². The van der Waals surface area contributed by atoms with Gasteiger partial charge >= 0.3 is 5.69 Å². The summed E-state index contributed by atoms with van der Waals surface area (Å²) < 4.78 is 0. The second-order valence-electron chi connectivity index (χ2n) is 6.32. The highest BCUT2D eigenvalue weighted by atomic mass is 16.2. The molecule has 1 atom stereocenters. The summed E-state index contributed by atoms with van der Waals surface area (Å²) in [5.74, 6) is 0.440. The molecule has 0 aliphatic carbocycles. The SMILES string of the molecule is CC(C)c1ccc(C(C)CC(=O)NCc2cc(=O)[nH]c(=O)[nH]2)cc1. The van der Waals surface area contributed by atoms with E-state index < -0.39 is 11.2 Å². The van der Waals surface area contributed by atoms with Crippen LogP contribution in [0.1, 0.15) is 55.8 Å². The Morgan fingerprint density at radius 2 is 1.67 bits per heavy atom. The summed E-state index contributed by atoms with van der Waals surface area (Å²) in [5.41, 5.74) is 1.70. The average molecular weight is 329 g/mol. The first-order chi connectivity index (χ1) is 11.3. The first-order valence-corrected chi connectivity index (χ1v) is 8.04. The molecule has 0 aliphatic heterocycles. The Kier molecular flexibility index (Phi) is 5.73. The number of hydrogen-bond acceptors (Lipinski definition) is 3. The van der Waals surface area contributed by atoms with Crippen molar-refractivity contribution in [2.45, 2.75) is 45.6 Å². The van der Waals surface area contributed by atoms with E-state index in [1.807, 2.05) is 6.92 Å². The van der Waals surface area contributed by atoms with Crippen molar-refractivity contribution >= 4 is 5.91 Å². The highest BCUT2D eigenvalue weighted by Gasteiger charge is 2.12. The summed E-state index contributed by atoms with van der Waals surface area (Å²) in [4.78, 5) is 39.0. The molecule has 0 saturated heterocycles. The van der Waals surface area contributed by atoms with Crippen molar-refractivity contribution in [1.82, 2.24) is 15.3 Å². The average Bonchev–Trinajstić information content (AvgIpc) is 2.52. The van der Waals surface area contributed by atoms with Crippen molar-refractivity contribution in [3.05, 3.63) is 68.0 Å². The minimum absolute atomic E-state index is 0.0874. The van der Waals surface area contributed by atoms with Gasteiger partial charge in [-0.15, -0.1) is 0 Å². The molecule has 3 N–H and O–H groups in total. The number of H-pyrrole nitrogens is 2. The molecule has 24 heavy (non-hydrogen) atoms. The van der Waals surface area contributed by atoms with Crippen LogP contribution in [0.2, 0.25) is 0 Å². The van der Waals surface area contributed by atoms with Crippen LogP contribution in [0.4, 0.5) is 0 Å². The van der Waals surface area contributed by atoms with Gasteiger partial charge < -0.3 is 10.3 Å². The third kappa shape index (κ3) is 4.94. The standard InChI is InChI=1S/C18H23N3O3/c1-11(2)13-4-6-14(7-5-13)12(3)8-16(22)19-10-15-9-17(23)21-18(24)20-15/h4-7,9,11-12H,8,10H2,1-3H3,(H,19,22)(H2,20,21,23,24). The summed E-state index contributed by atoms with van der Waals surface area (Å²) in [6, 6.07) is 9.56. The van der Waals surface area contributed by atoms with E-state index in [0.29, 0.717) is 18.0 Å². The highest BCUT2D eigenvalue weighted by Crippen LogP contribution is 2.22. The zero-order chi connectivity index (χ0) is 17.7. The van der Waals surface area contributed by atoms with Crippen molar-refractivity contribution in [2.75, 3.05) is 0 Å². The maximum atomic E-state index is 12.1. The largest absolute Gasteiger partial charge is 0.351 e. The minimum Gasteiger partial charge on any atom is -0.351 e. The summed E-state index contributed by atoms with van der Waals surface area (Å²) in [7, 11) is 0. The van der Waals surface area contributed by atoms with Gasteiger partial charge in [-0.2, -0.15) is 0 Å². The topological polar surface area (TPSA) is 94.8 Å². The Bertz CT molecular complexity index is 775. The van der Waals surface area contributed by atoms with Crippen LogP contribution in [0, 0.1) is 0 Å². The zero-order valence-electron chi connectivity index (χ0n) is 14.2. The lowest BCUT2D eigenvalue weighted by Gasteiger charge is -2.13. The smallest absolute Gasteiger partial charge is 0.325 e.